The van der Waals surface area contributed by atoms with Gasteiger partial charge >= 0.3 is 0 Å². The predicted molar refractivity (Wildman–Crippen MR) is 138 cm³/mol. The molecular weight excluding hydrogens is 456 g/mol. The number of amides is 1. The number of hydrogen-bond donors (Lipinski definition) is 0. The maximum atomic E-state index is 13.9. The van der Waals surface area contributed by atoms with Crippen molar-refractivity contribution in [3.05, 3.63) is 35.9 Å². The van der Waals surface area contributed by atoms with E-state index in [0.717, 1.165) is 49.8 Å². The van der Waals surface area contributed by atoms with Gasteiger partial charge in [-0.2, -0.15) is 0 Å². The first kappa shape index (κ1) is 24.4. The van der Waals surface area contributed by atoms with Crippen molar-refractivity contribution in [2.45, 2.75) is 108 Å². The lowest BCUT2D eigenvalue weighted by atomic mass is 9.81. The fraction of sp³-hybridized carbons (Fsp3) is 0.630. The third-order valence-corrected chi connectivity index (χ3v) is 13.0. The Labute approximate surface area is 209 Å². The average molecular weight is 495 g/mol. The van der Waals surface area contributed by atoms with Gasteiger partial charge < -0.3 is 9.16 Å². The second kappa shape index (κ2) is 8.96. The van der Waals surface area contributed by atoms with Crippen LogP contribution in [0, 0.1) is 0 Å². The molecule has 2 saturated carbocycles. The number of anilines is 2. The number of carbonyl (C=O) groups excluding carboxylic acids is 1. The van der Waals surface area contributed by atoms with Crippen molar-refractivity contribution in [1.82, 2.24) is 15.0 Å². The summed E-state index contributed by atoms with van der Waals surface area (Å²) >= 11 is 0. The van der Waals surface area contributed by atoms with Crippen LogP contribution in [0.2, 0.25) is 18.1 Å². The molecule has 3 heterocycles. The van der Waals surface area contributed by atoms with Crippen LogP contribution >= 0.6 is 0 Å². The smallest absolute Gasteiger partial charge is 0.243 e. The van der Waals surface area contributed by atoms with Gasteiger partial charge in [-0.15, -0.1) is 0 Å². The van der Waals surface area contributed by atoms with Gasteiger partial charge in [0.2, 0.25) is 11.8 Å². The molecule has 0 saturated heterocycles. The number of fused-ring (bicyclic) bond motifs is 2. The summed E-state index contributed by atoms with van der Waals surface area (Å²) in [6.07, 6.45) is 12.2. The molecule has 8 heteroatoms. The summed E-state index contributed by atoms with van der Waals surface area (Å²) in [4.78, 5) is 29.8. The molecule has 2 aromatic rings. The standard InChI is InChI=1S/C27H38N4O3Si/c1-26(2,3)35(4,5)33-18-22-28-17-21-24(30-22)31(25(32)27(21)14-8-9-15-27)19-12-13-23(29-16-19)34-20-10-6-7-11-20/h12-13,16-17,20H,6-11,14-15,18H2,1-5H3. The minimum atomic E-state index is -1.95. The van der Waals surface area contributed by atoms with E-state index in [4.69, 9.17) is 14.1 Å². The Balaban J connectivity index is 1.44. The van der Waals surface area contributed by atoms with Crippen LogP contribution in [0.5, 0.6) is 5.88 Å². The second-order valence-corrected chi connectivity index (χ2v) is 16.7. The number of hydrogen-bond acceptors (Lipinski definition) is 6. The third kappa shape index (κ3) is 4.39. The molecule has 1 amide bonds. The number of carbonyl (C=O) groups is 1. The SMILES string of the molecule is CC(C)(C)[Si](C)(C)OCc1ncc2c(n1)N(c1ccc(OC3CCCC3)nc1)C(=O)C21CCCC1. The van der Waals surface area contributed by atoms with Crippen LogP contribution in [-0.4, -0.2) is 35.3 Å². The molecule has 5 rings (SSSR count). The van der Waals surface area contributed by atoms with Crippen molar-refractivity contribution in [3.63, 3.8) is 0 Å². The van der Waals surface area contributed by atoms with Crippen molar-refractivity contribution >= 4 is 25.7 Å². The van der Waals surface area contributed by atoms with E-state index in [2.05, 4.69) is 43.8 Å². The van der Waals surface area contributed by atoms with Crippen molar-refractivity contribution in [2.24, 2.45) is 0 Å². The highest BCUT2D eigenvalue weighted by atomic mass is 28.4. The molecule has 0 atom stereocenters. The Morgan fingerprint density at radius 3 is 2.40 bits per heavy atom. The molecule has 0 aromatic carbocycles. The zero-order valence-corrected chi connectivity index (χ0v) is 22.8. The van der Waals surface area contributed by atoms with E-state index in [1.165, 1.54) is 12.8 Å². The summed E-state index contributed by atoms with van der Waals surface area (Å²) < 4.78 is 12.4. The summed E-state index contributed by atoms with van der Waals surface area (Å²) in [6, 6.07) is 3.81. The Hall–Kier alpha value is -2.32. The Morgan fingerprint density at radius 1 is 1.06 bits per heavy atom. The molecule has 2 aliphatic carbocycles. The Bertz CT molecular complexity index is 1080. The van der Waals surface area contributed by atoms with Gasteiger partial charge in [0.1, 0.15) is 11.9 Å². The quantitative estimate of drug-likeness (QED) is 0.445. The van der Waals surface area contributed by atoms with Crippen LogP contribution in [0.15, 0.2) is 24.5 Å². The third-order valence-electron chi connectivity index (χ3n) is 8.55. The molecule has 188 valence electrons. The molecule has 1 spiro atoms. The van der Waals surface area contributed by atoms with Gasteiger partial charge in [0.15, 0.2) is 14.1 Å². The maximum Gasteiger partial charge on any atom is 0.243 e. The summed E-state index contributed by atoms with van der Waals surface area (Å²) in [6.45, 7) is 11.5. The van der Waals surface area contributed by atoms with E-state index >= 15 is 0 Å². The molecule has 35 heavy (non-hydrogen) atoms. The van der Waals surface area contributed by atoms with Crippen LogP contribution < -0.4 is 9.64 Å². The number of aromatic nitrogens is 3. The van der Waals surface area contributed by atoms with Crippen LogP contribution in [0.3, 0.4) is 0 Å². The van der Waals surface area contributed by atoms with Crippen LogP contribution in [0.4, 0.5) is 11.5 Å². The molecule has 0 bridgehead atoms. The highest BCUT2D eigenvalue weighted by Gasteiger charge is 2.54. The maximum absolute atomic E-state index is 13.9. The predicted octanol–water partition coefficient (Wildman–Crippen LogP) is 6.20. The van der Waals surface area contributed by atoms with Crippen molar-refractivity contribution in [1.29, 1.82) is 0 Å². The second-order valence-electron chi connectivity index (χ2n) is 11.9. The lowest BCUT2D eigenvalue weighted by Crippen LogP contribution is -2.40. The lowest BCUT2D eigenvalue weighted by molar-refractivity contribution is -0.122. The van der Waals surface area contributed by atoms with Crippen LogP contribution in [0.25, 0.3) is 0 Å². The highest BCUT2D eigenvalue weighted by molar-refractivity contribution is 6.74. The largest absolute Gasteiger partial charge is 0.474 e. The van der Waals surface area contributed by atoms with E-state index in [9.17, 15) is 4.79 Å². The summed E-state index contributed by atoms with van der Waals surface area (Å²) in [7, 11) is -1.95. The van der Waals surface area contributed by atoms with E-state index < -0.39 is 13.7 Å². The molecule has 0 radical (unpaired) electrons. The van der Waals surface area contributed by atoms with Crippen molar-refractivity contribution < 1.29 is 14.0 Å². The van der Waals surface area contributed by atoms with Gasteiger partial charge in [-0.25, -0.2) is 15.0 Å². The van der Waals surface area contributed by atoms with E-state index in [1.807, 2.05) is 18.3 Å². The van der Waals surface area contributed by atoms with Gasteiger partial charge in [0.05, 0.1) is 23.9 Å². The Kier molecular flexibility index (Phi) is 6.24. The topological polar surface area (TPSA) is 77.4 Å². The minimum Gasteiger partial charge on any atom is -0.474 e. The summed E-state index contributed by atoms with van der Waals surface area (Å²) in [5, 5.41) is 0.105. The average Bonchev–Trinajstić information content (AvgIpc) is 3.55. The molecule has 0 unspecified atom stereocenters. The summed E-state index contributed by atoms with van der Waals surface area (Å²) in [5.74, 6) is 2.02. The lowest BCUT2D eigenvalue weighted by Gasteiger charge is -2.35. The highest BCUT2D eigenvalue weighted by Crippen LogP contribution is 2.52. The first-order valence-corrected chi connectivity index (χ1v) is 16.0. The van der Waals surface area contributed by atoms with E-state index in [-0.39, 0.29) is 17.0 Å². The van der Waals surface area contributed by atoms with Gasteiger partial charge in [-0.3, -0.25) is 9.69 Å². The van der Waals surface area contributed by atoms with Gasteiger partial charge in [0.25, 0.3) is 0 Å². The Morgan fingerprint density at radius 2 is 1.77 bits per heavy atom. The normalized spacial score (nSPS) is 20.1. The first-order chi connectivity index (χ1) is 16.6. The fourth-order valence-corrected chi connectivity index (χ4v) is 6.25. The van der Waals surface area contributed by atoms with Crippen LogP contribution in [-0.2, 0) is 21.2 Å². The molecular formula is C27H38N4O3Si. The van der Waals surface area contributed by atoms with Gasteiger partial charge in [-0.1, -0.05) is 33.6 Å². The molecule has 2 aromatic heterocycles. The minimum absolute atomic E-state index is 0.0908. The molecule has 3 aliphatic rings. The number of rotatable bonds is 6. The number of pyridine rings is 1. The zero-order chi connectivity index (χ0) is 24.8. The van der Waals surface area contributed by atoms with E-state index in [1.54, 1.807) is 11.1 Å². The number of nitrogens with zero attached hydrogens (tertiary/aromatic N) is 4. The fourth-order valence-electron chi connectivity index (χ4n) is 5.33. The molecule has 2 fully saturated rings. The molecule has 0 N–H and O–H groups in total. The first-order valence-electron chi connectivity index (χ1n) is 13.1. The van der Waals surface area contributed by atoms with Crippen molar-refractivity contribution in [2.75, 3.05) is 4.90 Å². The van der Waals surface area contributed by atoms with Gasteiger partial charge in [-0.05, 0) is 62.7 Å². The summed E-state index contributed by atoms with van der Waals surface area (Å²) in [5.41, 5.74) is 1.16. The zero-order valence-electron chi connectivity index (χ0n) is 21.8. The molecule has 7 nitrogen and oxygen atoms in total. The molecule has 1 aliphatic heterocycles. The number of ether oxygens (including phenoxy) is 1. The van der Waals surface area contributed by atoms with Crippen LogP contribution in [0.1, 0.15) is 83.5 Å². The van der Waals surface area contributed by atoms with E-state index in [0.29, 0.717) is 24.1 Å². The monoisotopic (exact) mass is 494 g/mol. The van der Waals surface area contributed by atoms with Gasteiger partial charge in [0, 0.05) is 17.8 Å². The van der Waals surface area contributed by atoms with Crippen molar-refractivity contribution in [3.8, 4) is 5.88 Å².